The number of aromatic nitrogens is 2. The van der Waals surface area contributed by atoms with Crippen LogP contribution >= 0.6 is 34.7 Å². The summed E-state index contributed by atoms with van der Waals surface area (Å²) < 4.78 is 1.92. The van der Waals surface area contributed by atoms with Crippen LogP contribution in [0.5, 0.6) is 0 Å². The number of rotatable bonds is 6. The lowest BCUT2D eigenvalue weighted by Crippen LogP contribution is -2.72. The highest BCUT2D eigenvalue weighted by Crippen LogP contribution is 2.43. The zero-order chi connectivity index (χ0) is 23.9. The Balaban J connectivity index is 1.53. The number of carboxylic acid groups (broad SMARTS) is 1. The molecule has 0 spiro atoms. The highest BCUT2D eigenvalue weighted by molar-refractivity contribution is 8.03. The lowest BCUT2D eigenvalue weighted by molar-refractivity contribution is -0.671. The summed E-state index contributed by atoms with van der Waals surface area (Å²) in [6, 6.07) is 2.20. The van der Waals surface area contributed by atoms with Crippen molar-refractivity contribution in [3.63, 3.8) is 0 Å². The van der Waals surface area contributed by atoms with Gasteiger partial charge < -0.3 is 21.4 Å². The predicted molar refractivity (Wildman–Crippen MR) is 120 cm³/mol. The first-order valence-corrected chi connectivity index (χ1v) is 11.6. The van der Waals surface area contributed by atoms with Gasteiger partial charge >= 0.3 is 5.97 Å². The van der Waals surface area contributed by atoms with E-state index < -0.39 is 35.6 Å². The van der Waals surface area contributed by atoms with Crippen LogP contribution in [0.25, 0.3) is 0 Å². The fourth-order valence-electron chi connectivity index (χ4n) is 3.70. The van der Waals surface area contributed by atoms with E-state index in [-0.39, 0.29) is 20.9 Å². The molecule has 2 aliphatic rings. The zero-order valence-corrected chi connectivity index (χ0v) is 19.4. The fraction of sp³-hybridized carbons (Fsp3) is 0.263. The van der Waals surface area contributed by atoms with Crippen molar-refractivity contribution in [2.75, 3.05) is 5.73 Å². The van der Waals surface area contributed by atoms with Crippen LogP contribution < -0.4 is 15.6 Å². The number of hydrogen-bond donors (Lipinski definition) is 4. The smallest absolute Gasteiger partial charge is 0.353 e. The van der Waals surface area contributed by atoms with Crippen molar-refractivity contribution in [3.8, 4) is 0 Å². The standard InChI is InChI=1S/C19H17ClN6O5S2/c1-25-6-4-8(5-7-25)32-10-3-2-9-11(17(28)26(9)14(10)18(29)30)22-16(27)13(24-31)12-15(20)33-19(21)23-12/h4-7,9,11H,2-3H2,1H3,(H4-,21,22,23,27,29,30,31)/p+1. The minimum atomic E-state index is -1.22. The molecule has 14 heteroatoms. The number of carbonyl (C=O) groups excluding carboxylic acids is 2. The second kappa shape index (κ2) is 9.00. The third kappa shape index (κ3) is 4.26. The summed E-state index contributed by atoms with van der Waals surface area (Å²) in [4.78, 5) is 44.0. The SMILES string of the molecule is C[n+]1ccc(SC2=C(C(=O)O)N3C(=O)C(NC(=O)/C(=N\O)c4nc(N)sc4Cl)C3CC2)cc1. The Morgan fingerprint density at radius 1 is 1.42 bits per heavy atom. The van der Waals surface area contributed by atoms with E-state index in [1.807, 2.05) is 36.1 Å². The zero-order valence-electron chi connectivity index (χ0n) is 17.1. The van der Waals surface area contributed by atoms with Crippen molar-refractivity contribution in [1.82, 2.24) is 15.2 Å². The number of β-lactam (4-membered cyclic amide) rings is 1. The van der Waals surface area contributed by atoms with Gasteiger partial charge in [-0.2, -0.15) is 0 Å². The number of thioether (sulfide) groups is 1. The van der Waals surface area contributed by atoms with Gasteiger partial charge in [0, 0.05) is 21.9 Å². The summed E-state index contributed by atoms with van der Waals surface area (Å²) in [6.45, 7) is 0. The molecule has 0 bridgehead atoms. The topological polar surface area (TPSA) is 162 Å². The number of carboxylic acids is 1. The molecule has 0 radical (unpaired) electrons. The molecule has 2 atom stereocenters. The average Bonchev–Trinajstić information content (AvgIpc) is 3.11. The Bertz CT molecular complexity index is 1210. The molecule has 1 fully saturated rings. The Kier molecular flexibility index (Phi) is 6.28. The van der Waals surface area contributed by atoms with E-state index in [0.29, 0.717) is 17.7 Å². The lowest BCUT2D eigenvalue weighted by Gasteiger charge is -2.50. The number of halogens is 1. The number of nitrogens with one attached hydrogen (secondary N) is 1. The summed E-state index contributed by atoms with van der Waals surface area (Å²) in [7, 11) is 1.87. The van der Waals surface area contributed by atoms with E-state index in [0.717, 1.165) is 16.2 Å². The van der Waals surface area contributed by atoms with Gasteiger partial charge in [-0.25, -0.2) is 14.3 Å². The van der Waals surface area contributed by atoms with Gasteiger partial charge in [-0.05, 0) is 12.8 Å². The Hall–Kier alpha value is -3.16. The number of carbonyl (C=O) groups is 3. The molecule has 11 nitrogen and oxygen atoms in total. The van der Waals surface area contributed by atoms with E-state index in [1.54, 1.807) is 0 Å². The van der Waals surface area contributed by atoms with Gasteiger partial charge in [0.2, 0.25) is 0 Å². The molecule has 0 aliphatic carbocycles. The van der Waals surface area contributed by atoms with Gasteiger partial charge in [-0.3, -0.25) is 14.5 Å². The monoisotopic (exact) mass is 509 g/mol. The van der Waals surface area contributed by atoms with Gasteiger partial charge in [0.1, 0.15) is 28.8 Å². The minimum Gasteiger partial charge on any atom is -0.477 e. The first-order valence-electron chi connectivity index (χ1n) is 9.59. The molecule has 0 saturated carbocycles. The molecule has 5 N–H and O–H groups in total. The summed E-state index contributed by atoms with van der Waals surface area (Å²) in [5, 5.41) is 24.6. The molecule has 4 rings (SSSR count). The van der Waals surface area contributed by atoms with Crippen LogP contribution in [0.15, 0.2) is 45.2 Å². The van der Waals surface area contributed by atoms with Crippen molar-refractivity contribution in [2.24, 2.45) is 12.2 Å². The second-order valence-electron chi connectivity index (χ2n) is 7.27. The van der Waals surface area contributed by atoms with Crippen molar-refractivity contribution >= 4 is 63.3 Å². The van der Waals surface area contributed by atoms with E-state index >= 15 is 0 Å². The number of anilines is 1. The highest BCUT2D eigenvalue weighted by Gasteiger charge is 2.53. The molecule has 2 aromatic heterocycles. The lowest BCUT2D eigenvalue weighted by atomic mass is 9.86. The summed E-state index contributed by atoms with van der Waals surface area (Å²) in [5.41, 5.74) is 4.89. The van der Waals surface area contributed by atoms with Gasteiger partial charge in [0.05, 0.1) is 6.04 Å². The molecule has 0 aromatic carbocycles. The van der Waals surface area contributed by atoms with Gasteiger partial charge in [0.25, 0.3) is 11.8 Å². The minimum absolute atomic E-state index is 0.0574. The van der Waals surface area contributed by atoms with Gasteiger partial charge in [0.15, 0.2) is 23.2 Å². The number of amides is 2. The normalized spacial score (nSPS) is 20.4. The average molecular weight is 510 g/mol. The quantitative estimate of drug-likeness (QED) is 0.147. The Labute approximate surface area is 200 Å². The first-order chi connectivity index (χ1) is 15.7. The molecule has 2 aliphatic heterocycles. The number of hydrogen-bond acceptors (Lipinski definition) is 9. The van der Waals surface area contributed by atoms with Crippen LogP contribution in [0.3, 0.4) is 0 Å². The molecule has 172 valence electrons. The number of nitrogen functional groups attached to an aromatic ring is 1. The van der Waals surface area contributed by atoms with Crippen molar-refractivity contribution in [1.29, 1.82) is 0 Å². The van der Waals surface area contributed by atoms with Crippen LogP contribution in [0.2, 0.25) is 4.34 Å². The number of nitrogens with two attached hydrogens (primary N) is 1. The van der Waals surface area contributed by atoms with Crippen LogP contribution in [0.1, 0.15) is 18.5 Å². The summed E-state index contributed by atoms with van der Waals surface area (Å²) in [5.74, 6) is -2.66. The van der Waals surface area contributed by atoms with Crippen LogP contribution in [0, 0.1) is 0 Å². The Morgan fingerprint density at radius 3 is 2.70 bits per heavy atom. The van der Waals surface area contributed by atoms with Crippen LogP contribution in [-0.2, 0) is 21.4 Å². The maximum atomic E-state index is 12.8. The number of oxime groups is 1. The second-order valence-corrected chi connectivity index (χ2v) is 10.1. The van der Waals surface area contributed by atoms with Crippen molar-refractivity contribution in [2.45, 2.75) is 29.8 Å². The summed E-state index contributed by atoms with van der Waals surface area (Å²) >= 11 is 8.18. The van der Waals surface area contributed by atoms with E-state index in [4.69, 9.17) is 17.3 Å². The number of thiazole rings is 1. The molecule has 1 saturated heterocycles. The number of allylic oxidation sites excluding steroid dienone is 1. The Morgan fingerprint density at radius 2 is 2.12 bits per heavy atom. The maximum absolute atomic E-state index is 12.8. The molecule has 4 heterocycles. The molecule has 33 heavy (non-hydrogen) atoms. The van der Waals surface area contributed by atoms with E-state index in [1.165, 1.54) is 16.7 Å². The highest BCUT2D eigenvalue weighted by atomic mass is 35.5. The van der Waals surface area contributed by atoms with Crippen LogP contribution in [-0.4, -0.2) is 55.8 Å². The number of fused-ring (bicyclic) bond motifs is 1. The van der Waals surface area contributed by atoms with Crippen LogP contribution in [0.4, 0.5) is 5.13 Å². The van der Waals surface area contributed by atoms with Gasteiger partial charge in [-0.1, -0.05) is 39.9 Å². The largest absolute Gasteiger partial charge is 0.477 e. The number of aryl methyl sites for hydroxylation is 1. The van der Waals surface area contributed by atoms with Crippen molar-refractivity contribution in [3.05, 3.63) is 45.2 Å². The molecule has 2 aromatic rings. The first kappa shape index (κ1) is 23.0. The maximum Gasteiger partial charge on any atom is 0.353 e. The predicted octanol–water partition coefficient (Wildman–Crippen LogP) is 0.959. The van der Waals surface area contributed by atoms with Crippen molar-refractivity contribution < 1.29 is 29.3 Å². The molecule has 2 amide bonds. The van der Waals surface area contributed by atoms with E-state index in [9.17, 15) is 24.7 Å². The number of nitrogens with zero attached hydrogens (tertiary/aromatic N) is 4. The third-order valence-corrected chi connectivity index (χ3v) is 7.45. The number of aliphatic carboxylic acids is 1. The fourth-order valence-corrected chi connectivity index (χ4v) is 5.67. The molecular formula is C19H18ClN6O5S2+. The number of pyridine rings is 1. The molecule has 2 unspecified atom stereocenters. The van der Waals surface area contributed by atoms with Gasteiger partial charge in [-0.15, -0.1) is 0 Å². The summed E-state index contributed by atoms with van der Waals surface area (Å²) in [6.07, 6.45) is 4.56. The third-order valence-electron chi connectivity index (χ3n) is 5.21. The molecular weight excluding hydrogens is 492 g/mol. The van der Waals surface area contributed by atoms with E-state index in [2.05, 4.69) is 15.5 Å².